The van der Waals surface area contributed by atoms with E-state index in [2.05, 4.69) is 5.32 Å². The van der Waals surface area contributed by atoms with Crippen molar-refractivity contribution < 1.29 is 28.8 Å². The Morgan fingerprint density at radius 3 is 2.21 bits per heavy atom. The largest absolute Gasteiger partial charge is 0.460 e. The molecule has 1 aromatic carbocycles. The highest BCUT2D eigenvalue weighted by molar-refractivity contribution is 5.71. The molecule has 0 saturated carbocycles. The molecule has 0 bridgehead atoms. The topological polar surface area (TPSA) is 86.3 Å². The maximum atomic E-state index is 11.5. The van der Waals surface area contributed by atoms with Gasteiger partial charge in [-0.2, -0.15) is 0 Å². The van der Waals surface area contributed by atoms with Crippen LogP contribution in [0.5, 0.6) is 0 Å². The second-order valence-electron chi connectivity index (χ2n) is 4.88. The summed E-state index contributed by atoms with van der Waals surface area (Å²) in [7, 11) is 0. The smallest absolute Gasteiger partial charge is 0.320 e. The van der Waals surface area contributed by atoms with E-state index in [1.165, 1.54) is 0 Å². The summed E-state index contributed by atoms with van der Waals surface area (Å²) in [6, 6.07) is 9.56. The lowest BCUT2D eigenvalue weighted by molar-refractivity contribution is -0.143. The SMILES string of the molecule is O=C(CNCCOCCOCCOCCO)OCc1ccccc1. The van der Waals surface area contributed by atoms with Crippen LogP contribution in [-0.2, 0) is 30.3 Å². The van der Waals surface area contributed by atoms with Gasteiger partial charge in [-0.25, -0.2) is 0 Å². The predicted molar refractivity (Wildman–Crippen MR) is 88.7 cm³/mol. The fourth-order valence-electron chi connectivity index (χ4n) is 1.73. The quantitative estimate of drug-likeness (QED) is 0.352. The number of rotatable bonds is 15. The van der Waals surface area contributed by atoms with Crippen molar-refractivity contribution in [3.63, 3.8) is 0 Å². The van der Waals surface area contributed by atoms with Gasteiger partial charge in [-0.15, -0.1) is 0 Å². The highest BCUT2D eigenvalue weighted by atomic mass is 16.5. The Morgan fingerprint density at radius 1 is 0.917 bits per heavy atom. The number of ether oxygens (including phenoxy) is 4. The number of aliphatic hydroxyl groups is 1. The Balaban J connectivity index is 1.82. The van der Waals surface area contributed by atoms with E-state index in [1.54, 1.807) is 0 Å². The van der Waals surface area contributed by atoms with E-state index in [0.717, 1.165) is 5.56 Å². The molecule has 7 heteroatoms. The normalized spacial score (nSPS) is 10.7. The number of nitrogens with one attached hydrogen (secondary N) is 1. The molecule has 0 amide bonds. The second kappa shape index (κ2) is 15.0. The summed E-state index contributed by atoms with van der Waals surface area (Å²) >= 11 is 0. The zero-order chi connectivity index (χ0) is 17.3. The fraction of sp³-hybridized carbons (Fsp3) is 0.588. The van der Waals surface area contributed by atoms with Crippen LogP contribution in [0, 0.1) is 0 Å². The van der Waals surface area contributed by atoms with Crippen molar-refractivity contribution in [1.29, 1.82) is 0 Å². The first-order valence-corrected chi connectivity index (χ1v) is 8.07. The monoisotopic (exact) mass is 341 g/mol. The standard InChI is InChI=1S/C17H27NO6/c19-7-9-22-11-13-23-12-10-21-8-6-18-14-17(20)24-15-16-4-2-1-3-5-16/h1-5,18-19H,6-15H2. The number of aliphatic hydroxyl groups excluding tert-OH is 1. The molecule has 0 aliphatic heterocycles. The molecule has 136 valence electrons. The molecule has 0 fully saturated rings. The number of esters is 1. The van der Waals surface area contributed by atoms with E-state index < -0.39 is 0 Å². The lowest BCUT2D eigenvalue weighted by Crippen LogP contribution is -2.28. The molecular formula is C17H27NO6. The van der Waals surface area contributed by atoms with Crippen LogP contribution in [0.1, 0.15) is 5.56 Å². The molecule has 0 unspecified atom stereocenters. The second-order valence-corrected chi connectivity index (χ2v) is 4.88. The summed E-state index contributed by atoms with van der Waals surface area (Å²) < 4.78 is 20.8. The van der Waals surface area contributed by atoms with Crippen molar-refractivity contribution in [2.24, 2.45) is 0 Å². The van der Waals surface area contributed by atoms with Crippen molar-refractivity contribution in [2.45, 2.75) is 6.61 Å². The van der Waals surface area contributed by atoms with Crippen LogP contribution in [0.2, 0.25) is 0 Å². The average molecular weight is 341 g/mol. The average Bonchev–Trinajstić information content (AvgIpc) is 2.62. The minimum Gasteiger partial charge on any atom is -0.460 e. The zero-order valence-electron chi connectivity index (χ0n) is 13.9. The third-order valence-electron chi connectivity index (χ3n) is 2.91. The van der Waals surface area contributed by atoms with Gasteiger partial charge in [0.05, 0.1) is 52.8 Å². The molecule has 1 rings (SSSR count). The van der Waals surface area contributed by atoms with E-state index in [0.29, 0.717) is 46.2 Å². The van der Waals surface area contributed by atoms with Gasteiger partial charge in [0.15, 0.2) is 0 Å². The first-order chi connectivity index (χ1) is 11.8. The molecule has 7 nitrogen and oxygen atoms in total. The Hall–Kier alpha value is -1.51. The first-order valence-electron chi connectivity index (χ1n) is 8.07. The third-order valence-corrected chi connectivity index (χ3v) is 2.91. The maximum absolute atomic E-state index is 11.5. The van der Waals surface area contributed by atoms with Gasteiger partial charge < -0.3 is 29.4 Å². The lowest BCUT2D eigenvalue weighted by Gasteiger charge is -2.08. The highest BCUT2D eigenvalue weighted by Crippen LogP contribution is 2.00. The molecule has 0 spiro atoms. The van der Waals surface area contributed by atoms with Gasteiger partial charge in [-0.1, -0.05) is 30.3 Å². The van der Waals surface area contributed by atoms with Crippen molar-refractivity contribution in [3.05, 3.63) is 35.9 Å². The van der Waals surface area contributed by atoms with Crippen LogP contribution in [0.15, 0.2) is 30.3 Å². The number of hydrogen-bond acceptors (Lipinski definition) is 7. The van der Waals surface area contributed by atoms with Crippen molar-refractivity contribution in [1.82, 2.24) is 5.32 Å². The lowest BCUT2D eigenvalue weighted by atomic mass is 10.2. The van der Waals surface area contributed by atoms with Gasteiger partial charge in [-0.05, 0) is 5.56 Å². The minimum atomic E-state index is -0.287. The van der Waals surface area contributed by atoms with Gasteiger partial charge in [0, 0.05) is 6.54 Å². The molecule has 0 atom stereocenters. The Morgan fingerprint density at radius 2 is 1.54 bits per heavy atom. The Labute approximate surface area is 142 Å². The Kier molecular flexibility index (Phi) is 12.9. The molecule has 0 heterocycles. The van der Waals surface area contributed by atoms with Gasteiger partial charge in [0.25, 0.3) is 0 Å². The summed E-state index contributed by atoms with van der Waals surface area (Å²) in [6.45, 7) is 3.79. The number of benzene rings is 1. The molecule has 2 N–H and O–H groups in total. The Bertz CT molecular complexity index is 415. The van der Waals surface area contributed by atoms with Crippen LogP contribution in [0.4, 0.5) is 0 Å². The van der Waals surface area contributed by atoms with Gasteiger partial charge in [0.2, 0.25) is 0 Å². The molecule has 0 aliphatic carbocycles. The fourth-order valence-corrected chi connectivity index (χ4v) is 1.73. The summed E-state index contributed by atoms with van der Waals surface area (Å²) in [4.78, 5) is 11.5. The van der Waals surface area contributed by atoms with Crippen LogP contribution in [0.25, 0.3) is 0 Å². The van der Waals surface area contributed by atoms with E-state index in [-0.39, 0.29) is 25.7 Å². The molecule has 0 radical (unpaired) electrons. The van der Waals surface area contributed by atoms with E-state index in [9.17, 15) is 4.79 Å². The molecule has 0 aliphatic rings. The van der Waals surface area contributed by atoms with E-state index >= 15 is 0 Å². The number of hydrogen-bond donors (Lipinski definition) is 2. The van der Waals surface area contributed by atoms with Crippen LogP contribution >= 0.6 is 0 Å². The summed E-state index contributed by atoms with van der Waals surface area (Å²) in [5.41, 5.74) is 0.968. The number of carbonyl (C=O) groups is 1. The van der Waals surface area contributed by atoms with Crippen molar-refractivity contribution in [3.8, 4) is 0 Å². The third kappa shape index (κ3) is 12.0. The predicted octanol–water partition coefficient (Wildman–Crippen LogP) is 0.362. The van der Waals surface area contributed by atoms with Gasteiger partial charge in [0.1, 0.15) is 6.61 Å². The highest BCUT2D eigenvalue weighted by Gasteiger charge is 2.02. The first kappa shape index (κ1) is 20.5. The van der Waals surface area contributed by atoms with Gasteiger partial charge in [-0.3, -0.25) is 4.79 Å². The van der Waals surface area contributed by atoms with Crippen molar-refractivity contribution in [2.75, 3.05) is 59.3 Å². The van der Waals surface area contributed by atoms with Crippen LogP contribution in [-0.4, -0.2) is 70.4 Å². The van der Waals surface area contributed by atoms with Gasteiger partial charge >= 0.3 is 5.97 Å². The molecule has 24 heavy (non-hydrogen) atoms. The molecule has 1 aromatic rings. The zero-order valence-corrected chi connectivity index (χ0v) is 13.9. The summed E-state index contributed by atoms with van der Waals surface area (Å²) in [5.74, 6) is -0.287. The van der Waals surface area contributed by atoms with E-state index in [4.69, 9.17) is 24.1 Å². The molecular weight excluding hydrogens is 314 g/mol. The summed E-state index contributed by atoms with van der Waals surface area (Å²) in [5, 5.41) is 11.5. The minimum absolute atomic E-state index is 0.0237. The molecule has 0 saturated heterocycles. The summed E-state index contributed by atoms with van der Waals surface area (Å²) in [6.07, 6.45) is 0. The van der Waals surface area contributed by atoms with Crippen molar-refractivity contribution >= 4 is 5.97 Å². The number of carbonyl (C=O) groups excluding carboxylic acids is 1. The molecule has 0 aromatic heterocycles. The maximum Gasteiger partial charge on any atom is 0.320 e. The van der Waals surface area contributed by atoms with Crippen LogP contribution < -0.4 is 5.32 Å². The van der Waals surface area contributed by atoms with E-state index in [1.807, 2.05) is 30.3 Å². The van der Waals surface area contributed by atoms with Crippen LogP contribution in [0.3, 0.4) is 0 Å².